The quantitative estimate of drug-likeness (QED) is 0.268. The van der Waals surface area contributed by atoms with Crippen LogP contribution in [0.2, 0.25) is 0 Å². The minimum Gasteiger partial charge on any atom is -0.504 e. The van der Waals surface area contributed by atoms with Crippen LogP contribution in [-0.2, 0) is 6.61 Å². The SMILES string of the molecule is COc1cc([N+](=O)[O-])cc(/C=N/NC(=O)c2ccccc2OCc2cccc(Br)c2)c1O. The fourth-order valence-electron chi connectivity index (χ4n) is 2.76. The number of non-ortho nitro benzene ring substituents is 1. The topological polar surface area (TPSA) is 123 Å². The number of para-hydroxylation sites is 1. The first kappa shape index (κ1) is 22.8. The van der Waals surface area contributed by atoms with Crippen LogP contribution < -0.4 is 14.9 Å². The summed E-state index contributed by atoms with van der Waals surface area (Å²) in [6.45, 7) is 0.258. The Balaban J connectivity index is 1.74. The van der Waals surface area contributed by atoms with Crippen molar-refractivity contribution in [2.24, 2.45) is 5.10 Å². The van der Waals surface area contributed by atoms with Crippen LogP contribution in [0.25, 0.3) is 0 Å². The monoisotopic (exact) mass is 499 g/mol. The van der Waals surface area contributed by atoms with E-state index < -0.39 is 10.8 Å². The maximum absolute atomic E-state index is 12.6. The molecule has 0 aliphatic rings. The molecule has 10 heteroatoms. The van der Waals surface area contributed by atoms with Crippen LogP contribution in [0.5, 0.6) is 17.2 Å². The Kier molecular flexibility index (Phi) is 7.40. The first-order chi connectivity index (χ1) is 15.4. The highest BCUT2D eigenvalue weighted by atomic mass is 79.9. The van der Waals surface area contributed by atoms with Gasteiger partial charge in [0, 0.05) is 16.1 Å². The number of hydrazone groups is 1. The number of carbonyl (C=O) groups excluding carboxylic acids is 1. The Hall–Kier alpha value is -3.92. The van der Waals surface area contributed by atoms with Gasteiger partial charge in [0.2, 0.25) is 0 Å². The van der Waals surface area contributed by atoms with Gasteiger partial charge < -0.3 is 14.6 Å². The number of halogens is 1. The van der Waals surface area contributed by atoms with Crippen molar-refractivity contribution < 1.29 is 24.3 Å². The fraction of sp³-hybridized carbons (Fsp3) is 0.0909. The lowest BCUT2D eigenvalue weighted by atomic mass is 10.1. The highest BCUT2D eigenvalue weighted by Crippen LogP contribution is 2.33. The molecule has 9 nitrogen and oxygen atoms in total. The molecule has 3 aromatic carbocycles. The molecule has 0 atom stereocenters. The minimum atomic E-state index is -0.628. The van der Waals surface area contributed by atoms with Gasteiger partial charge in [0.15, 0.2) is 11.5 Å². The number of methoxy groups -OCH3 is 1. The number of hydrogen-bond donors (Lipinski definition) is 2. The number of hydrogen-bond acceptors (Lipinski definition) is 7. The van der Waals surface area contributed by atoms with Crippen molar-refractivity contribution in [3.05, 3.63) is 91.9 Å². The van der Waals surface area contributed by atoms with Crippen LogP contribution in [0, 0.1) is 10.1 Å². The standard InChI is InChI=1S/C22H18BrN3O6/c1-31-20-11-17(26(29)30)10-15(21(20)27)12-24-25-22(28)18-7-2-3-8-19(18)32-13-14-5-4-6-16(23)9-14/h2-12,27H,13H2,1H3,(H,25,28)/b24-12+. The molecule has 0 aromatic heterocycles. The van der Waals surface area contributed by atoms with Crippen LogP contribution in [0.3, 0.4) is 0 Å². The lowest BCUT2D eigenvalue weighted by molar-refractivity contribution is -0.385. The molecule has 3 aromatic rings. The Bertz CT molecular complexity index is 1180. The number of ether oxygens (including phenoxy) is 2. The second-order valence-corrected chi connectivity index (χ2v) is 7.37. The van der Waals surface area contributed by atoms with E-state index >= 15 is 0 Å². The molecule has 32 heavy (non-hydrogen) atoms. The molecule has 1 amide bonds. The lowest BCUT2D eigenvalue weighted by Gasteiger charge is -2.11. The molecule has 0 saturated carbocycles. The number of amides is 1. The molecule has 0 spiro atoms. The van der Waals surface area contributed by atoms with E-state index in [-0.39, 0.29) is 34.9 Å². The van der Waals surface area contributed by atoms with Crippen molar-refractivity contribution in [2.45, 2.75) is 6.61 Å². The van der Waals surface area contributed by atoms with E-state index in [0.717, 1.165) is 28.4 Å². The number of nitrogens with zero attached hydrogens (tertiary/aromatic N) is 2. The lowest BCUT2D eigenvalue weighted by Crippen LogP contribution is -2.18. The van der Waals surface area contributed by atoms with E-state index in [1.807, 2.05) is 24.3 Å². The molecule has 3 rings (SSSR count). The van der Waals surface area contributed by atoms with Crippen molar-refractivity contribution in [1.29, 1.82) is 0 Å². The number of carbonyl (C=O) groups is 1. The number of phenolic OH excluding ortho intramolecular Hbond substituents is 1. The van der Waals surface area contributed by atoms with Gasteiger partial charge in [-0.1, -0.05) is 40.2 Å². The summed E-state index contributed by atoms with van der Waals surface area (Å²) in [4.78, 5) is 23.0. The zero-order valence-electron chi connectivity index (χ0n) is 16.8. The average molecular weight is 500 g/mol. The Morgan fingerprint density at radius 1 is 1.19 bits per heavy atom. The van der Waals surface area contributed by atoms with Gasteiger partial charge >= 0.3 is 0 Å². The van der Waals surface area contributed by atoms with Crippen LogP contribution >= 0.6 is 15.9 Å². The van der Waals surface area contributed by atoms with E-state index in [4.69, 9.17) is 9.47 Å². The number of aromatic hydroxyl groups is 1. The Morgan fingerprint density at radius 3 is 2.69 bits per heavy atom. The van der Waals surface area contributed by atoms with E-state index in [9.17, 15) is 20.0 Å². The largest absolute Gasteiger partial charge is 0.504 e. The summed E-state index contributed by atoms with van der Waals surface area (Å²) in [6.07, 6.45) is 1.09. The predicted molar refractivity (Wildman–Crippen MR) is 121 cm³/mol. The fourth-order valence-corrected chi connectivity index (χ4v) is 3.21. The zero-order chi connectivity index (χ0) is 23.1. The van der Waals surface area contributed by atoms with Crippen LogP contribution in [0.4, 0.5) is 5.69 Å². The molecular formula is C22H18BrN3O6. The summed E-state index contributed by atoms with van der Waals surface area (Å²) in [5.41, 5.74) is 3.22. The Labute approximate surface area is 191 Å². The second-order valence-electron chi connectivity index (χ2n) is 6.46. The summed E-state index contributed by atoms with van der Waals surface area (Å²) >= 11 is 3.40. The molecule has 2 N–H and O–H groups in total. The molecule has 0 saturated heterocycles. The van der Waals surface area contributed by atoms with Gasteiger partial charge in [-0.3, -0.25) is 14.9 Å². The van der Waals surface area contributed by atoms with Crippen molar-refractivity contribution in [2.75, 3.05) is 7.11 Å². The zero-order valence-corrected chi connectivity index (χ0v) is 18.4. The third-order valence-corrected chi connectivity index (χ3v) is 4.80. The molecule has 0 fully saturated rings. The molecule has 164 valence electrons. The number of nitro groups is 1. The van der Waals surface area contributed by atoms with Crippen molar-refractivity contribution in [1.82, 2.24) is 5.43 Å². The van der Waals surface area contributed by atoms with Crippen molar-refractivity contribution >= 4 is 33.7 Å². The van der Waals surface area contributed by atoms with Gasteiger partial charge in [-0.05, 0) is 29.8 Å². The van der Waals surface area contributed by atoms with Gasteiger partial charge in [0.05, 0.1) is 29.9 Å². The van der Waals surface area contributed by atoms with Gasteiger partial charge in [0.25, 0.3) is 11.6 Å². The minimum absolute atomic E-state index is 0.00976. The summed E-state index contributed by atoms with van der Waals surface area (Å²) in [7, 11) is 1.27. The van der Waals surface area contributed by atoms with E-state index in [1.165, 1.54) is 7.11 Å². The number of rotatable bonds is 8. The van der Waals surface area contributed by atoms with Gasteiger partial charge in [-0.25, -0.2) is 5.43 Å². The van der Waals surface area contributed by atoms with E-state index in [1.54, 1.807) is 24.3 Å². The van der Waals surface area contributed by atoms with Crippen LogP contribution in [0.15, 0.2) is 70.2 Å². The van der Waals surface area contributed by atoms with E-state index in [2.05, 4.69) is 26.5 Å². The van der Waals surface area contributed by atoms with E-state index in [0.29, 0.717) is 5.75 Å². The normalized spacial score (nSPS) is 10.7. The number of benzene rings is 3. The first-order valence-corrected chi connectivity index (χ1v) is 10.0. The third kappa shape index (κ3) is 5.61. The molecule has 0 aliphatic carbocycles. The summed E-state index contributed by atoms with van der Waals surface area (Å²) in [5.74, 6) is -0.616. The van der Waals surface area contributed by atoms with Crippen molar-refractivity contribution in [3.63, 3.8) is 0 Å². The van der Waals surface area contributed by atoms with Crippen molar-refractivity contribution in [3.8, 4) is 17.2 Å². The summed E-state index contributed by atoms with van der Waals surface area (Å²) in [6, 6.07) is 16.5. The molecule has 0 heterocycles. The summed E-state index contributed by atoms with van der Waals surface area (Å²) in [5, 5.41) is 25.0. The molecule has 0 bridgehead atoms. The number of phenols is 1. The first-order valence-electron chi connectivity index (χ1n) is 9.24. The smallest absolute Gasteiger partial charge is 0.275 e. The maximum atomic E-state index is 12.6. The number of nitro benzene ring substituents is 1. The highest BCUT2D eigenvalue weighted by Gasteiger charge is 2.16. The highest BCUT2D eigenvalue weighted by molar-refractivity contribution is 9.10. The third-order valence-electron chi connectivity index (χ3n) is 4.30. The molecular weight excluding hydrogens is 482 g/mol. The van der Waals surface area contributed by atoms with Gasteiger partial charge in [0.1, 0.15) is 12.4 Å². The van der Waals surface area contributed by atoms with Crippen LogP contribution in [0.1, 0.15) is 21.5 Å². The molecule has 0 unspecified atom stereocenters. The molecule has 0 radical (unpaired) electrons. The number of nitrogens with one attached hydrogen (secondary N) is 1. The average Bonchev–Trinajstić information content (AvgIpc) is 2.78. The van der Waals surface area contributed by atoms with Crippen LogP contribution in [-0.4, -0.2) is 29.3 Å². The summed E-state index contributed by atoms with van der Waals surface area (Å²) < 4.78 is 11.6. The van der Waals surface area contributed by atoms with Gasteiger partial charge in [-0.15, -0.1) is 0 Å². The second kappa shape index (κ2) is 10.4. The Morgan fingerprint density at radius 2 is 1.97 bits per heavy atom. The maximum Gasteiger partial charge on any atom is 0.275 e. The van der Waals surface area contributed by atoms with Gasteiger partial charge in [-0.2, -0.15) is 5.10 Å². The predicted octanol–water partition coefficient (Wildman–Crippen LogP) is 4.41. The molecule has 0 aliphatic heterocycles.